The quantitative estimate of drug-likeness (QED) is 0.123. The number of rotatable bonds is 10. The van der Waals surface area contributed by atoms with Crippen molar-refractivity contribution >= 4 is 61.7 Å². The Balaban J connectivity index is 0.938. The molecule has 4 heteroatoms. The van der Waals surface area contributed by atoms with Gasteiger partial charge in [-0.2, -0.15) is 0 Å². The maximum absolute atomic E-state index is 5.02. The molecule has 298 valence electrons. The Hall–Kier alpha value is -8.34. The SMILES string of the molecule is C=N/C(=C\C(=N/Cc1ccccc1)c1ccccc1)c1ccc(-c2ccc3c(c2)c2ccccc2n3-c2cccc(-c3ccc4c(c3)c3ccccc3n4-c3ccccc3)c2)cc1. The fourth-order valence-electron chi connectivity index (χ4n) is 9.04. The van der Waals surface area contributed by atoms with Crippen molar-refractivity contribution in [3.63, 3.8) is 0 Å². The molecule has 0 atom stereocenters. The number of benzene rings is 9. The summed E-state index contributed by atoms with van der Waals surface area (Å²) in [5.41, 5.74) is 16.5. The van der Waals surface area contributed by atoms with Crippen LogP contribution >= 0.6 is 0 Å². The zero-order valence-electron chi connectivity index (χ0n) is 34.6. The van der Waals surface area contributed by atoms with Crippen LogP contribution in [0.2, 0.25) is 0 Å². The van der Waals surface area contributed by atoms with Crippen molar-refractivity contribution in [2.75, 3.05) is 0 Å². The molecule has 0 fully saturated rings. The standard InChI is InChI=1S/C59H42N4/c1-60-54(39-55(43-18-7-3-8-19-43)61-40-41-16-5-2-6-17-41)44-30-28-42(29-31-44)46-32-34-59-52(37-46)51-25-12-14-27-57(51)63(59)49-23-15-20-45(36-49)47-33-35-58-53(38-47)50-24-11-13-26-56(50)62(58)48-21-9-4-10-22-48/h2-39H,1,40H2/b54-39-,61-55+. The highest BCUT2D eigenvalue weighted by molar-refractivity contribution is 6.13. The molecule has 11 aromatic rings. The molecular formula is C59H42N4. The van der Waals surface area contributed by atoms with Crippen molar-refractivity contribution in [1.82, 2.24) is 9.13 Å². The first-order valence-corrected chi connectivity index (χ1v) is 21.4. The van der Waals surface area contributed by atoms with Crippen LogP contribution in [-0.4, -0.2) is 21.6 Å². The van der Waals surface area contributed by atoms with Crippen LogP contribution in [0.5, 0.6) is 0 Å². The molecule has 0 unspecified atom stereocenters. The Kier molecular flexibility index (Phi) is 9.72. The summed E-state index contributed by atoms with van der Waals surface area (Å²) in [5.74, 6) is 0. The molecule has 0 bridgehead atoms. The van der Waals surface area contributed by atoms with E-state index in [9.17, 15) is 0 Å². The van der Waals surface area contributed by atoms with Crippen LogP contribution in [0.1, 0.15) is 16.7 Å². The van der Waals surface area contributed by atoms with Crippen LogP contribution in [0.3, 0.4) is 0 Å². The third-order valence-electron chi connectivity index (χ3n) is 12.1. The third-order valence-corrected chi connectivity index (χ3v) is 12.1. The Morgan fingerprint density at radius 2 is 0.889 bits per heavy atom. The van der Waals surface area contributed by atoms with Crippen molar-refractivity contribution < 1.29 is 0 Å². The smallest absolute Gasteiger partial charge is 0.0716 e. The molecule has 0 saturated carbocycles. The molecule has 9 aromatic carbocycles. The molecule has 0 amide bonds. The van der Waals surface area contributed by atoms with Gasteiger partial charge in [0.1, 0.15) is 0 Å². The number of para-hydroxylation sites is 3. The van der Waals surface area contributed by atoms with Crippen LogP contribution in [0, 0.1) is 0 Å². The van der Waals surface area contributed by atoms with Crippen LogP contribution < -0.4 is 0 Å². The first kappa shape index (κ1) is 37.6. The monoisotopic (exact) mass is 806 g/mol. The van der Waals surface area contributed by atoms with Crippen molar-refractivity contribution in [2.24, 2.45) is 9.98 Å². The van der Waals surface area contributed by atoms with Gasteiger partial charge in [-0.1, -0.05) is 164 Å². The zero-order chi connectivity index (χ0) is 42.1. The number of fused-ring (bicyclic) bond motifs is 6. The fraction of sp³-hybridized carbons (Fsp3) is 0.0169. The molecule has 63 heavy (non-hydrogen) atoms. The second kappa shape index (κ2) is 16.3. The molecule has 0 aliphatic rings. The zero-order valence-corrected chi connectivity index (χ0v) is 34.6. The van der Waals surface area contributed by atoms with E-state index >= 15 is 0 Å². The van der Waals surface area contributed by atoms with Gasteiger partial charge in [-0.25, -0.2) is 0 Å². The number of aromatic nitrogens is 2. The molecular weight excluding hydrogens is 765 g/mol. The summed E-state index contributed by atoms with van der Waals surface area (Å²) >= 11 is 0. The number of hydrogen-bond acceptors (Lipinski definition) is 2. The average molecular weight is 807 g/mol. The van der Waals surface area contributed by atoms with Gasteiger partial charge in [-0.3, -0.25) is 9.98 Å². The summed E-state index contributed by atoms with van der Waals surface area (Å²) in [7, 11) is 0. The van der Waals surface area contributed by atoms with E-state index in [-0.39, 0.29) is 0 Å². The molecule has 2 heterocycles. The van der Waals surface area contributed by atoms with Crippen molar-refractivity contribution in [3.05, 3.63) is 247 Å². The highest BCUT2D eigenvalue weighted by Gasteiger charge is 2.16. The molecule has 0 aliphatic carbocycles. The lowest BCUT2D eigenvalue weighted by molar-refractivity contribution is 1.07. The number of nitrogens with zero attached hydrogens (tertiary/aromatic N) is 4. The highest BCUT2D eigenvalue weighted by Crippen LogP contribution is 2.38. The first-order chi connectivity index (χ1) is 31.2. The van der Waals surface area contributed by atoms with Crippen molar-refractivity contribution in [2.45, 2.75) is 6.54 Å². The van der Waals surface area contributed by atoms with Gasteiger partial charge in [0, 0.05) is 38.5 Å². The van der Waals surface area contributed by atoms with Crippen LogP contribution in [0.25, 0.3) is 82.9 Å². The van der Waals surface area contributed by atoms with Gasteiger partial charge in [0.25, 0.3) is 0 Å². The summed E-state index contributed by atoms with van der Waals surface area (Å²) in [6.07, 6.45) is 2.04. The molecule has 0 spiro atoms. The minimum absolute atomic E-state index is 0.577. The lowest BCUT2D eigenvalue weighted by Crippen LogP contribution is -1.99. The van der Waals surface area contributed by atoms with Crippen LogP contribution in [-0.2, 0) is 6.54 Å². The second-order valence-corrected chi connectivity index (χ2v) is 15.9. The topological polar surface area (TPSA) is 34.6 Å². The molecule has 11 rings (SSSR count). The molecule has 4 nitrogen and oxygen atoms in total. The van der Waals surface area contributed by atoms with Gasteiger partial charge in [0.05, 0.1) is 40.0 Å². The van der Waals surface area contributed by atoms with E-state index < -0.39 is 0 Å². The minimum Gasteiger partial charge on any atom is -0.309 e. The summed E-state index contributed by atoms with van der Waals surface area (Å²) < 4.78 is 4.77. The van der Waals surface area contributed by atoms with Gasteiger partial charge in [-0.15, -0.1) is 0 Å². The van der Waals surface area contributed by atoms with Gasteiger partial charge in [-0.05, 0) is 107 Å². The normalized spacial score (nSPS) is 12.1. The van der Waals surface area contributed by atoms with Gasteiger partial charge < -0.3 is 9.13 Å². The van der Waals surface area contributed by atoms with E-state index in [0.717, 1.165) is 50.6 Å². The molecule has 0 radical (unpaired) electrons. The Morgan fingerprint density at radius 3 is 1.52 bits per heavy atom. The van der Waals surface area contributed by atoms with E-state index in [1.165, 1.54) is 54.7 Å². The maximum atomic E-state index is 5.02. The highest BCUT2D eigenvalue weighted by atomic mass is 15.0. The number of hydrogen-bond donors (Lipinski definition) is 0. The lowest BCUT2D eigenvalue weighted by atomic mass is 10.00. The average Bonchev–Trinajstić information content (AvgIpc) is 3.87. The molecule has 0 saturated heterocycles. The van der Waals surface area contributed by atoms with E-state index in [4.69, 9.17) is 4.99 Å². The predicted molar refractivity (Wildman–Crippen MR) is 267 cm³/mol. The van der Waals surface area contributed by atoms with Crippen LogP contribution in [0.15, 0.2) is 241 Å². The van der Waals surface area contributed by atoms with E-state index in [0.29, 0.717) is 6.54 Å². The van der Waals surface area contributed by atoms with Crippen LogP contribution in [0.4, 0.5) is 0 Å². The maximum Gasteiger partial charge on any atom is 0.0716 e. The largest absolute Gasteiger partial charge is 0.309 e. The predicted octanol–water partition coefficient (Wildman–Crippen LogP) is 14.9. The lowest BCUT2D eigenvalue weighted by Gasteiger charge is -2.11. The van der Waals surface area contributed by atoms with Crippen molar-refractivity contribution in [3.8, 4) is 33.6 Å². The number of allylic oxidation sites excluding steroid dienone is 1. The first-order valence-electron chi connectivity index (χ1n) is 21.4. The van der Waals surface area contributed by atoms with Gasteiger partial charge in [0.15, 0.2) is 0 Å². The number of aliphatic imine (C=N–C) groups is 2. The summed E-state index contributed by atoms with van der Waals surface area (Å²) in [4.78, 5) is 9.50. The van der Waals surface area contributed by atoms with Gasteiger partial charge >= 0.3 is 0 Å². The Bertz CT molecular complexity index is 3520. The van der Waals surface area contributed by atoms with E-state index in [1.54, 1.807) is 0 Å². The Morgan fingerprint density at radius 1 is 0.397 bits per heavy atom. The van der Waals surface area contributed by atoms with E-state index in [1.807, 2.05) is 42.5 Å². The second-order valence-electron chi connectivity index (χ2n) is 15.9. The summed E-state index contributed by atoms with van der Waals surface area (Å²) in [5, 5.41) is 4.92. The fourth-order valence-corrected chi connectivity index (χ4v) is 9.04. The Labute approximate surface area is 366 Å². The summed E-state index contributed by atoms with van der Waals surface area (Å²) in [6, 6.07) is 79.9. The molecule has 2 aromatic heterocycles. The van der Waals surface area contributed by atoms with Crippen molar-refractivity contribution in [1.29, 1.82) is 0 Å². The molecule has 0 aliphatic heterocycles. The molecule has 0 N–H and O–H groups in total. The van der Waals surface area contributed by atoms with Gasteiger partial charge in [0.2, 0.25) is 0 Å². The van der Waals surface area contributed by atoms with E-state index in [2.05, 4.69) is 209 Å². The summed E-state index contributed by atoms with van der Waals surface area (Å²) in [6.45, 7) is 4.53. The third kappa shape index (κ3) is 7.04. The minimum atomic E-state index is 0.577.